The molecule has 4 aliphatic carbocycles. The van der Waals surface area contributed by atoms with Crippen LogP contribution in [0.25, 0.3) is 0 Å². The van der Waals surface area contributed by atoms with Gasteiger partial charge >= 0.3 is 0 Å². The van der Waals surface area contributed by atoms with Gasteiger partial charge in [-0.25, -0.2) is 0 Å². The third-order valence-electron chi connectivity index (χ3n) is 14.5. The average Bonchev–Trinajstić information content (AvgIpc) is 4.00. The van der Waals surface area contributed by atoms with Gasteiger partial charge in [-0.3, -0.25) is 58.0 Å². The lowest BCUT2D eigenvalue weighted by Crippen LogP contribution is -2.30. The van der Waals surface area contributed by atoms with Crippen molar-refractivity contribution >= 4 is 47.3 Å². The van der Waals surface area contributed by atoms with Crippen LogP contribution in [0.1, 0.15) is 60.8 Å². The van der Waals surface area contributed by atoms with Gasteiger partial charge in [-0.2, -0.15) is 0 Å². The molecule has 7 saturated heterocycles. The van der Waals surface area contributed by atoms with E-state index in [0.717, 1.165) is 25.7 Å². The first-order valence-corrected chi connectivity index (χ1v) is 18.7. The number of carbonyl (C=O) groups excluding carboxylic acids is 8. The number of fused-ring (bicyclic) bond motifs is 20. The monoisotopic (exact) mass is 764 g/mol. The smallest absolute Gasteiger partial charge is 0.235 e. The van der Waals surface area contributed by atoms with Crippen molar-refractivity contribution in [1.29, 1.82) is 0 Å². The van der Waals surface area contributed by atoms with E-state index in [2.05, 4.69) is 12.2 Å². The summed E-state index contributed by atoms with van der Waals surface area (Å²) in [6.07, 6.45) is 14.1. The zero-order chi connectivity index (χ0) is 36.7. The molecule has 14 heteroatoms. The molecule has 0 radical (unpaired) electrons. The number of likely N-dealkylation sites (tertiary alicyclic amines) is 4. The Labute approximate surface area is 322 Å². The van der Waals surface area contributed by atoms with Crippen LogP contribution in [-0.4, -0.2) is 119 Å². The molecule has 300 valence electrons. The van der Waals surface area contributed by atoms with E-state index in [4.69, 9.17) is 9.47 Å². The molecule has 0 N–H and O–H groups in total. The molecule has 12 aliphatic rings. The number of hydrogen-bond donors (Lipinski definition) is 0. The topological polar surface area (TPSA) is 168 Å². The second kappa shape index (κ2) is 14.2. The van der Waals surface area contributed by atoms with Gasteiger partial charge in [0, 0.05) is 28.2 Å². The summed E-state index contributed by atoms with van der Waals surface area (Å²) in [6, 6.07) is 0. The minimum absolute atomic E-state index is 0. The summed E-state index contributed by atoms with van der Waals surface area (Å²) >= 11 is 0. The third kappa shape index (κ3) is 5.54. The summed E-state index contributed by atoms with van der Waals surface area (Å²) in [7, 11) is 6.34. The van der Waals surface area contributed by atoms with Gasteiger partial charge in [0.2, 0.25) is 47.3 Å². The van der Waals surface area contributed by atoms with Crippen molar-refractivity contribution in [3.8, 4) is 0 Å². The molecule has 0 aromatic rings. The molecule has 12 rings (SSSR count). The van der Waals surface area contributed by atoms with Crippen LogP contribution in [0.4, 0.5) is 0 Å². The Bertz CT molecular complexity index is 1530. The van der Waals surface area contributed by atoms with Crippen LogP contribution < -0.4 is 0 Å². The Morgan fingerprint density at radius 2 is 0.727 bits per heavy atom. The molecule has 16 unspecified atom stereocenters. The highest BCUT2D eigenvalue weighted by Crippen LogP contribution is 2.56. The van der Waals surface area contributed by atoms with Crippen LogP contribution in [0, 0.1) is 71.0 Å². The molecule has 14 nitrogen and oxygen atoms in total. The van der Waals surface area contributed by atoms with Crippen LogP contribution in [0.3, 0.4) is 0 Å². The maximum atomic E-state index is 11.7. The molecule has 8 bridgehead atoms. The van der Waals surface area contributed by atoms with Gasteiger partial charge in [0.05, 0.1) is 71.8 Å². The number of allylic oxidation sites excluding steroid dienone is 2. The molecule has 8 aliphatic heterocycles. The van der Waals surface area contributed by atoms with E-state index in [9.17, 15) is 38.4 Å². The predicted octanol–water partition coefficient (Wildman–Crippen LogP) is 2.31. The van der Waals surface area contributed by atoms with Crippen molar-refractivity contribution in [3.63, 3.8) is 0 Å². The molecular weight excluding hydrogens is 708 g/mol. The van der Waals surface area contributed by atoms with Crippen LogP contribution in [0.2, 0.25) is 0 Å². The fourth-order valence-corrected chi connectivity index (χ4v) is 11.9. The molecule has 0 aromatic heterocycles. The number of hydrogen-bond acceptors (Lipinski definition) is 10. The van der Waals surface area contributed by atoms with Gasteiger partial charge in [-0.05, 0) is 62.2 Å². The largest absolute Gasteiger partial charge is 0.373 e. The van der Waals surface area contributed by atoms with Crippen molar-refractivity contribution in [3.05, 3.63) is 24.3 Å². The maximum absolute atomic E-state index is 11.7. The van der Waals surface area contributed by atoms with Crippen molar-refractivity contribution in [1.82, 2.24) is 19.6 Å². The predicted molar refractivity (Wildman–Crippen MR) is 196 cm³/mol. The highest BCUT2D eigenvalue weighted by Gasteiger charge is 2.63. The zero-order valence-corrected chi connectivity index (χ0v) is 29.7. The van der Waals surface area contributed by atoms with Crippen LogP contribution in [0.5, 0.6) is 0 Å². The van der Waals surface area contributed by atoms with Crippen LogP contribution >= 0.6 is 0 Å². The molecule has 16 atom stereocenters. The Hall–Kier alpha value is -4.04. The molecule has 8 heterocycles. The molecule has 8 amide bonds. The first-order chi connectivity index (χ1) is 24.8. The standard InChI is InChI=1S/C10H13NO2.C10H11NO2.C9H11NO3.C9H9NO3.3CH4/c2*1-11-9(12)7-5-2-3-6(4-5)8(7)10(11)13;2*1-10-8(11)6-4-2-3-5(13-4)7(6)9(10)12;;;/h5-8H,2-4H2,1H3;2-3,5-8H,4H2,1H3;4-7H,2-3H2,1H3;2-7H,1H3;3*1H4. The van der Waals surface area contributed by atoms with Crippen LogP contribution in [-0.2, 0) is 47.8 Å². The van der Waals surface area contributed by atoms with Crippen LogP contribution in [0.15, 0.2) is 24.3 Å². The highest BCUT2D eigenvalue weighted by atomic mass is 16.5. The minimum Gasteiger partial charge on any atom is -0.373 e. The molecule has 0 spiro atoms. The van der Waals surface area contributed by atoms with E-state index in [0.29, 0.717) is 23.7 Å². The Morgan fingerprint density at radius 1 is 0.400 bits per heavy atom. The van der Waals surface area contributed by atoms with E-state index < -0.39 is 0 Å². The summed E-state index contributed by atoms with van der Waals surface area (Å²) in [6.45, 7) is 0. The van der Waals surface area contributed by atoms with E-state index in [1.54, 1.807) is 28.2 Å². The Balaban J connectivity index is 0.000000122. The van der Waals surface area contributed by atoms with Gasteiger partial charge in [-0.1, -0.05) is 46.6 Å². The van der Waals surface area contributed by atoms with Gasteiger partial charge < -0.3 is 9.47 Å². The average molecular weight is 765 g/mol. The van der Waals surface area contributed by atoms with E-state index in [-0.39, 0.29) is 141 Å². The second-order valence-electron chi connectivity index (χ2n) is 16.7. The fraction of sp³-hybridized carbons (Fsp3) is 0.707. The fourth-order valence-electron chi connectivity index (χ4n) is 11.9. The van der Waals surface area contributed by atoms with E-state index >= 15 is 0 Å². The number of ether oxygens (including phenoxy) is 2. The summed E-state index contributed by atoms with van der Waals surface area (Å²) in [5.74, 6) is 1.01. The molecular formula is C41H56N4O10. The van der Waals surface area contributed by atoms with Gasteiger partial charge in [0.1, 0.15) is 0 Å². The van der Waals surface area contributed by atoms with Crippen molar-refractivity contribution in [2.24, 2.45) is 71.0 Å². The number of nitrogens with zero attached hydrogens (tertiary/aromatic N) is 4. The third-order valence-corrected chi connectivity index (χ3v) is 14.5. The first-order valence-electron chi connectivity index (χ1n) is 18.7. The molecule has 3 saturated carbocycles. The normalized spacial score (nSPS) is 44.4. The zero-order valence-electron chi connectivity index (χ0n) is 29.7. The summed E-state index contributed by atoms with van der Waals surface area (Å²) in [4.78, 5) is 98.2. The number of carbonyl (C=O) groups is 8. The van der Waals surface area contributed by atoms with Crippen molar-refractivity contribution in [2.45, 2.75) is 85.2 Å². The molecule has 55 heavy (non-hydrogen) atoms. The highest BCUT2D eigenvalue weighted by molar-refractivity contribution is 6.08. The summed E-state index contributed by atoms with van der Waals surface area (Å²) in [5.41, 5.74) is 0. The van der Waals surface area contributed by atoms with E-state index in [1.165, 1.54) is 32.4 Å². The number of imide groups is 4. The Morgan fingerprint density at radius 3 is 1.11 bits per heavy atom. The summed E-state index contributed by atoms with van der Waals surface area (Å²) < 4.78 is 11.0. The second-order valence-corrected chi connectivity index (χ2v) is 16.7. The van der Waals surface area contributed by atoms with Gasteiger partial charge in [0.15, 0.2) is 0 Å². The lowest BCUT2D eigenvalue weighted by Gasteiger charge is -2.19. The minimum atomic E-state index is -0.243. The summed E-state index contributed by atoms with van der Waals surface area (Å²) in [5, 5.41) is 0. The van der Waals surface area contributed by atoms with Gasteiger partial charge in [-0.15, -0.1) is 0 Å². The molecule has 10 fully saturated rings. The van der Waals surface area contributed by atoms with Crippen molar-refractivity contribution < 1.29 is 47.8 Å². The lowest BCUT2D eigenvalue weighted by molar-refractivity contribution is -0.142. The lowest BCUT2D eigenvalue weighted by atomic mass is 9.81. The van der Waals surface area contributed by atoms with Gasteiger partial charge in [0.25, 0.3) is 0 Å². The Kier molecular flexibility index (Phi) is 10.5. The molecule has 0 aromatic carbocycles. The maximum Gasteiger partial charge on any atom is 0.235 e. The SMILES string of the molecule is C.C.C.CN1C(=O)C2C3C=CC(C3)C2C1=O.CN1C(=O)C2C3C=CC(O3)C2C1=O.CN1C(=O)C2C3CCC(C3)C2C1=O.CN1C(=O)C2C3CCC(O3)C2C1=O. The first kappa shape index (κ1) is 40.6. The number of amides is 8. The van der Waals surface area contributed by atoms with E-state index in [1.807, 2.05) is 12.2 Å². The van der Waals surface area contributed by atoms with Crippen molar-refractivity contribution in [2.75, 3.05) is 28.2 Å². The number of rotatable bonds is 0. The quantitative estimate of drug-likeness (QED) is 0.264.